The highest BCUT2D eigenvalue weighted by Crippen LogP contribution is 2.49. The molecule has 0 saturated carbocycles. The van der Waals surface area contributed by atoms with Crippen LogP contribution < -0.4 is 16.3 Å². The van der Waals surface area contributed by atoms with Gasteiger partial charge in [0, 0.05) is 0 Å². The van der Waals surface area contributed by atoms with Crippen LogP contribution in [-0.4, -0.2) is 56.1 Å². The van der Waals surface area contributed by atoms with Crippen molar-refractivity contribution in [2.45, 2.75) is 18.5 Å². The molecule has 11 nitrogen and oxygen atoms in total. The lowest BCUT2D eigenvalue weighted by Crippen LogP contribution is -2.55. The largest absolute Gasteiger partial charge is 0.467 e. The minimum Gasteiger partial charge on any atom is -0.467 e. The summed E-state index contributed by atoms with van der Waals surface area (Å²) in [4.78, 5) is 72.9. The lowest BCUT2D eigenvalue weighted by molar-refractivity contribution is -0.145. The Morgan fingerprint density at radius 3 is 2.22 bits per heavy atom. The molecule has 1 fully saturated rings. The Kier molecular flexibility index (Phi) is 5.75. The molecule has 36 heavy (non-hydrogen) atoms. The third kappa shape index (κ3) is 3.14. The second kappa shape index (κ2) is 8.79. The van der Waals surface area contributed by atoms with Crippen LogP contribution in [0.15, 0.2) is 75.2 Å². The van der Waals surface area contributed by atoms with Crippen LogP contribution in [-0.2, 0) is 24.7 Å². The monoisotopic (exact) mass is 507 g/mol. The number of hydrogen-bond acceptors (Lipinski definition) is 8. The number of fused-ring (bicyclic) bond motifs is 1. The van der Waals surface area contributed by atoms with Crippen molar-refractivity contribution in [2.24, 2.45) is 10.9 Å². The van der Waals surface area contributed by atoms with E-state index in [0.29, 0.717) is 5.75 Å². The SMILES string of the molecule is CCSC1=N[C@H](C(=O)OC)[C@@H]2C(=O)N(c3ccccc3)C(=O)[C@]12n1[nH]c(=O)n(-c2ccccc2)c1=O. The maximum Gasteiger partial charge on any atom is 0.353 e. The first-order valence-electron chi connectivity index (χ1n) is 11.1. The molecule has 2 aromatic carbocycles. The topological polar surface area (TPSA) is 136 Å². The number of aromatic nitrogens is 3. The first-order chi connectivity index (χ1) is 17.4. The van der Waals surface area contributed by atoms with Gasteiger partial charge in [-0.25, -0.2) is 33.6 Å². The van der Waals surface area contributed by atoms with Gasteiger partial charge in [0.25, 0.3) is 5.91 Å². The number of H-pyrrole nitrogens is 1. The number of nitrogens with zero attached hydrogens (tertiary/aromatic N) is 4. The predicted octanol–water partition coefficient (Wildman–Crippen LogP) is 0.919. The number of amides is 2. The Bertz CT molecular complexity index is 1510. The second-order valence-electron chi connectivity index (χ2n) is 8.10. The van der Waals surface area contributed by atoms with E-state index in [2.05, 4.69) is 10.1 Å². The number of rotatable bonds is 5. The average Bonchev–Trinajstić information content (AvgIpc) is 3.46. The van der Waals surface area contributed by atoms with Crippen molar-refractivity contribution in [3.05, 3.63) is 81.6 Å². The van der Waals surface area contributed by atoms with E-state index >= 15 is 0 Å². The number of carbonyl (C=O) groups is 3. The van der Waals surface area contributed by atoms with Gasteiger partial charge in [0.05, 0.1) is 18.5 Å². The molecule has 1 saturated heterocycles. The lowest BCUT2D eigenvalue weighted by Gasteiger charge is -2.27. The number of methoxy groups -OCH3 is 1. The molecule has 0 aliphatic carbocycles. The number of ether oxygens (including phenoxy) is 1. The number of imide groups is 1. The maximum absolute atomic E-state index is 14.2. The fraction of sp³-hybridized carbons (Fsp3) is 0.250. The van der Waals surface area contributed by atoms with Gasteiger partial charge in [-0.15, -0.1) is 11.8 Å². The number of aliphatic imine (C=N–C) groups is 1. The van der Waals surface area contributed by atoms with Crippen molar-refractivity contribution in [3.63, 3.8) is 0 Å². The molecule has 3 aromatic rings. The molecule has 5 rings (SSSR count). The van der Waals surface area contributed by atoms with Crippen LogP contribution in [0.5, 0.6) is 0 Å². The van der Waals surface area contributed by atoms with Crippen LogP contribution in [0.2, 0.25) is 0 Å². The Morgan fingerprint density at radius 1 is 1.03 bits per heavy atom. The van der Waals surface area contributed by atoms with Crippen molar-refractivity contribution in [3.8, 4) is 5.69 Å². The molecule has 2 aliphatic rings. The number of carbonyl (C=O) groups excluding carboxylic acids is 3. The number of benzene rings is 2. The quantitative estimate of drug-likeness (QED) is 0.401. The third-order valence-electron chi connectivity index (χ3n) is 6.26. The van der Waals surface area contributed by atoms with Gasteiger partial charge in [0.2, 0.25) is 11.4 Å². The fourth-order valence-corrected chi connectivity index (χ4v) is 5.77. The molecule has 184 valence electrons. The molecule has 12 heteroatoms. The first-order valence-corrected chi connectivity index (χ1v) is 12.1. The highest BCUT2D eigenvalue weighted by atomic mass is 32.2. The number of nitrogens with one attached hydrogen (secondary N) is 1. The summed E-state index contributed by atoms with van der Waals surface area (Å²) < 4.78 is 6.62. The number of esters is 1. The van der Waals surface area contributed by atoms with E-state index in [9.17, 15) is 24.0 Å². The maximum atomic E-state index is 14.2. The van der Waals surface area contributed by atoms with Crippen LogP contribution in [0.4, 0.5) is 5.69 Å². The second-order valence-corrected chi connectivity index (χ2v) is 9.35. The number of para-hydroxylation sites is 2. The zero-order chi connectivity index (χ0) is 25.6. The zero-order valence-electron chi connectivity index (χ0n) is 19.3. The van der Waals surface area contributed by atoms with Crippen LogP contribution in [0.3, 0.4) is 0 Å². The summed E-state index contributed by atoms with van der Waals surface area (Å²) in [5.41, 5.74) is -3.20. The van der Waals surface area contributed by atoms with Gasteiger partial charge in [0.15, 0.2) is 6.04 Å². The predicted molar refractivity (Wildman–Crippen MR) is 132 cm³/mol. The van der Waals surface area contributed by atoms with Gasteiger partial charge in [-0.2, -0.15) is 0 Å². The van der Waals surface area contributed by atoms with Gasteiger partial charge in [-0.3, -0.25) is 14.6 Å². The summed E-state index contributed by atoms with van der Waals surface area (Å²) in [6, 6.07) is 15.0. The van der Waals surface area contributed by atoms with Gasteiger partial charge >= 0.3 is 17.3 Å². The Labute approximate surface area is 208 Å². The molecular formula is C24H21N5O6S. The molecule has 3 heterocycles. The molecule has 0 radical (unpaired) electrons. The molecule has 0 unspecified atom stereocenters. The number of anilines is 1. The molecular weight excluding hydrogens is 486 g/mol. The summed E-state index contributed by atoms with van der Waals surface area (Å²) >= 11 is 1.11. The highest BCUT2D eigenvalue weighted by molar-refractivity contribution is 8.14. The summed E-state index contributed by atoms with van der Waals surface area (Å²) in [6.07, 6.45) is 0. The van der Waals surface area contributed by atoms with Crippen LogP contribution >= 0.6 is 11.8 Å². The normalized spacial score (nSPS) is 23.1. The summed E-state index contributed by atoms with van der Waals surface area (Å²) in [5, 5.41) is 2.54. The zero-order valence-corrected chi connectivity index (χ0v) is 20.1. The fourth-order valence-electron chi connectivity index (χ4n) is 4.78. The van der Waals surface area contributed by atoms with E-state index in [-0.39, 0.29) is 16.4 Å². The van der Waals surface area contributed by atoms with Crippen molar-refractivity contribution >= 4 is 40.3 Å². The van der Waals surface area contributed by atoms with E-state index in [1.165, 1.54) is 0 Å². The number of hydrogen-bond donors (Lipinski definition) is 1. The van der Waals surface area contributed by atoms with E-state index in [1.807, 2.05) is 0 Å². The molecule has 2 amide bonds. The number of aromatic amines is 1. The average molecular weight is 508 g/mol. The van der Waals surface area contributed by atoms with Gasteiger partial charge in [-0.05, 0) is 30.0 Å². The van der Waals surface area contributed by atoms with Crippen molar-refractivity contribution in [1.29, 1.82) is 0 Å². The summed E-state index contributed by atoms with van der Waals surface area (Å²) in [5.74, 6) is -3.36. The molecule has 1 N–H and O–H groups in total. The standard InChI is InChI=1S/C24H21N5O6S/c1-3-36-20-24(29-23(34)28(22(33)26-29)15-12-8-5-9-13-15)16(17(25-20)19(31)35-2)18(30)27(21(24)32)14-10-6-4-7-11-14/h4-13,16-17H,3H2,1-2H3,(H,26,33)/t16-,17+,24-/m1/s1. The van der Waals surface area contributed by atoms with E-state index in [0.717, 1.165) is 33.0 Å². The lowest BCUT2D eigenvalue weighted by atomic mass is 9.84. The first kappa shape index (κ1) is 23.5. The molecule has 2 aliphatic heterocycles. The van der Waals surface area contributed by atoms with Crippen molar-refractivity contribution in [2.75, 3.05) is 17.8 Å². The van der Waals surface area contributed by atoms with Gasteiger partial charge < -0.3 is 4.74 Å². The molecule has 0 spiro atoms. The van der Waals surface area contributed by atoms with E-state index < -0.39 is 46.7 Å². The molecule has 0 bridgehead atoms. The minimum absolute atomic E-state index is 0.0748. The summed E-state index contributed by atoms with van der Waals surface area (Å²) in [7, 11) is 1.15. The third-order valence-corrected chi connectivity index (χ3v) is 7.24. The van der Waals surface area contributed by atoms with Gasteiger partial charge in [-0.1, -0.05) is 43.3 Å². The molecule has 1 aromatic heterocycles. The Balaban J connectivity index is 1.82. The highest BCUT2D eigenvalue weighted by Gasteiger charge is 2.72. The Morgan fingerprint density at radius 2 is 1.64 bits per heavy atom. The van der Waals surface area contributed by atoms with E-state index in [4.69, 9.17) is 4.74 Å². The summed E-state index contributed by atoms with van der Waals surface area (Å²) in [6.45, 7) is 1.80. The van der Waals surface area contributed by atoms with Crippen molar-refractivity contribution < 1.29 is 19.1 Å². The smallest absolute Gasteiger partial charge is 0.353 e. The van der Waals surface area contributed by atoms with Gasteiger partial charge in [0.1, 0.15) is 11.0 Å². The Hall–Kier alpha value is -4.19. The van der Waals surface area contributed by atoms with Crippen LogP contribution in [0.1, 0.15) is 6.92 Å². The minimum atomic E-state index is -2.07. The molecule has 3 atom stereocenters. The number of thioether (sulfide) groups is 1. The van der Waals surface area contributed by atoms with Crippen LogP contribution in [0.25, 0.3) is 5.69 Å². The van der Waals surface area contributed by atoms with Crippen LogP contribution in [0, 0.1) is 5.92 Å². The van der Waals surface area contributed by atoms with E-state index in [1.54, 1.807) is 67.6 Å². The van der Waals surface area contributed by atoms with Crippen molar-refractivity contribution in [1.82, 2.24) is 14.3 Å².